The van der Waals surface area contributed by atoms with Gasteiger partial charge in [-0.15, -0.1) is 0 Å². The molecule has 1 saturated heterocycles. The minimum atomic E-state index is -0.416. The Morgan fingerprint density at radius 2 is 1.47 bits per heavy atom. The van der Waals surface area contributed by atoms with Gasteiger partial charge < -0.3 is 0 Å². The molecular formula is C27H30N8O. The first kappa shape index (κ1) is 23.7. The van der Waals surface area contributed by atoms with E-state index >= 15 is 0 Å². The van der Waals surface area contributed by atoms with E-state index in [4.69, 9.17) is 5.10 Å². The summed E-state index contributed by atoms with van der Waals surface area (Å²) in [6.07, 6.45) is 2.25. The van der Waals surface area contributed by atoms with Crippen LogP contribution in [0.3, 0.4) is 0 Å². The van der Waals surface area contributed by atoms with Crippen molar-refractivity contribution in [2.24, 2.45) is 5.10 Å². The summed E-state index contributed by atoms with van der Waals surface area (Å²) in [5.41, 5.74) is 16.8. The summed E-state index contributed by atoms with van der Waals surface area (Å²) in [5, 5.41) is 13.6. The van der Waals surface area contributed by atoms with Crippen LogP contribution in [0, 0.1) is 27.7 Å². The monoisotopic (exact) mass is 482 g/mol. The van der Waals surface area contributed by atoms with Crippen molar-refractivity contribution in [1.82, 2.24) is 35.8 Å². The molecular weight excluding hydrogens is 452 g/mol. The number of aromatic nitrogens is 4. The second kappa shape index (κ2) is 9.88. The molecule has 5 rings (SSSR count). The SMILES string of the molecule is Cc1nn(-c2ccccc2)c(C)c1/C=N/NC(=O)C1CC(c2c(C)nn(-c3ccccc3)c2C)NN1. The number of hydrogen-bond donors (Lipinski definition) is 3. The van der Waals surface area contributed by atoms with Crippen LogP contribution >= 0.6 is 0 Å². The molecule has 0 bridgehead atoms. The number of aryl methyl sites for hydroxylation is 2. The maximum absolute atomic E-state index is 12.8. The summed E-state index contributed by atoms with van der Waals surface area (Å²) < 4.78 is 3.83. The van der Waals surface area contributed by atoms with Crippen LogP contribution in [0.25, 0.3) is 11.4 Å². The lowest BCUT2D eigenvalue weighted by Crippen LogP contribution is -2.41. The van der Waals surface area contributed by atoms with Crippen LogP contribution in [0.1, 0.15) is 46.4 Å². The molecule has 0 aliphatic carbocycles. The summed E-state index contributed by atoms with van der Waals surface area (Å²) in [5.74, 6) is -0.197. The van der Waals surface area contributed by atoms with Gasteiger partial charge in [-0.25, -0.2) is 25.6 Å². The Bertz CT molecular complexity index is 1400. The lowest BCUT2D eigenvalue weighted by atomic mass is 10.00. The van der Waals surface area contributed by atoms with Crippen molar-refractivity contribution in [3.8, 4) is 11.4 Å². The molecule has 4 aromatic rings. The highest BCUT2D eigenvalue weighted by Crippen LogP contribution is 2.29. The van der Waals surface area contributed by atoms with Gasteiger partial charge in [0.1, 0.15) is 6.04 Å². The van der Waals surface area contributed by atoms with Gasteiger partial charge in [0.15, 0.2) is 0 Å². The number of carbonyl (C=O) groups is 1. The van der Waals surface area contributed by atoms with Crippen molar-refractivity contribution in [2.75, 3.05) is 0 Å². The highest BCUT2D eigenvalue weighted by molar-refractivity contribution is 5.86. The molecule has 0 saturated carbocycles. The molecule has 3 N–H and O–H groups in total. The Hall–Kier alpha value is -4.08. The van der Waals surface area contributed by atoms with Gasteiger partial charge in [-0.1, -0.05) is 36.4 Å². The zero-order chi connectivity index (χ0) is 25.2. The third-order valence-corrected chi connectivity index (χ3v) is 6.63. The Balaban J connectivity index is 1.25. The summed E-state index contributed by atoms with van der Waals surface area (Å²) in [6.45, 7) is 7.98. The Morgan fingerprint density at radius 1 is 0.889 bits per heavy atom. The number of hydrazine groups is 1. The van der Waals surface area contributed by atoms with Gasteiger partial charge in [-0.2, -0.15) is 15.3 Å². The number of para-hydroxylation sites is 2. The number of hydrazone groups is 1. The minimum Gasteiger partial charge on any atom is -0.271 e. The fourth-order valence-electron chi connectivity index (χ4n) is 4.80. The van der Waals surface area contributed by atoms with Crippen LogP contribution in [0.4, 0.5) is 0 Å². The number of carbonyl (C=O) groups excluding carboxylic acids is 1. The molecule has 2 atom stereocenters. The molecule has 1 aliphatic rings. The summed E-state index contributed by atoms with van der Waals surface area (Å²) in [4.78, 5) is 12.8. The molecule has 2 unspecified atom stereocenters. The topological polar surface area (TPSA) is 101 Å². The van der Waals surface area contributed by atoms with Crippen molar-refractivity contribution >= 4 is 12.1 Å². The van der Waals surface area contributed by atoms with Crippen LogP contribution in [-0.2, 0) is 4.79 Å². The average Bonchev–Trinajstić information content (AvgIpc) is 3.57. The molecule has 9 nitrogen and oxygen atoms in total. The van der Waals surface area contributed by atoms with E-state index in [1.165, 1.54) is 0 Å². The van der Waals surface area contributed by atoms with E-state index in [9.17, 15) is 4.79 Å². The largest absolute Gasteiger partial charge is 0.271 e. The first-order valence-electron chi connectivity index (χ1n) is 12.0. The molecule has 0 radical (unpaired) electrons. The molecule has 1 aliphatic heterocycles. The van der Waals surface area contributed by atoms with Crippen LogP contribution < -0.4 is 16.3 Å². The quantitative estimate of drug-likeness (QED) is 0.289. The molecule has 1 fully saturated rings. The highest BCUT2D eigenvalue weighted by atomic mass is 16.2. The van der Waals surface area contributed by atoms with Crippen molar-refractivity contribution in [3.05, 3.63) is 94.6 Å². The van der Waals surface area contributed by atoms with E-state index in [2.05, 4.69) is 33.4 Å². The third-order valence-electron chi connectivity index (χ3n) is 6.63. The third kappa shape index (κ3) is 4.46. The van der Waals surface area contributed by atoms with E-state index in [0.717, 1.165) is 45.3 Å². The van der Waals surface area contributed by atoms with E-state index in [-0.39, 0.29) is 11.9 Å². The summed E-state index contributed by atoms with van der Waals surface area (Å²) in [6, 6.07) is 19.5. The Labute approximate surface area is 210 Å². The summed E-state index contributed by atoms with van der Waals surface area (Å²) >= 11 is 0. The van der Waals surface area contributed by atoms with Gasteiger partial charge in [0.25, 0.3) is 5.91 Å². The van der Waals surface area contributed by atoms with Gasteiger partial charge in [0, 0.05) is 16.8 Å². The van der Waals surface area contributed by atoms with Gasteiger partial charge in [-0.05, 0) is 58.4 Å². The summed E-state index contributed by atoms with van der Waals surface area (Å²) in [7, 11) is 0. The molecule has 0 spiro atoms. The normalized spacial score (nSPS) is 17.7. The van der Waals surface area contributed by atoms with E-state index in [1.807, 2.05) is 90.8 Å². The molecule has 3 heterocycles. The number of nitrogens with zero attached hydrogens (tertiary/aromatic N) is 5. The van der Waals surface area contributed by atoms with Gasteiger partial charge >= 0.3 is 0 Å². The molecule has 36 heavy (non-hydrogen) atoms. The lowest BCUT2D eigenvalue weighted by Gasteiger charge is -2.11. The minimum absolute atomic E-state index is 0.0317. The first-order valence-corrected chi connectivity index (χ1v) is 12.0. The van der Waals surface area contributed by atoms with Gasteiger partial charge in [0.05, 0.1) is 40.7 Å². The standard InChI is InChI=1S/C27H30N8O/c1-17-23(19(3)34(32-17)21-11-7-5-8-12-21)16-28-31-27(36)25-15-24(29-30-25)26-18(2)33-35(20(26)4)22-13-9-6-10-14-22/h5-14,16,24-25,29-30H,15H2,1-4H3,(H,31,36)/b28-16+. The fraction of sp³-hybridized carbons (Fsp3) is 0.259. The number of hydrogen-bond acceptors (Lipinski definition) is 6. The van der Waals surface area contributed by atoms with Gasteiger partial charge in [-0.3, -0.25) is 4.79 Å². The second-order valence-corrected chi connectivity index (χ2v) is 9.03. The second-order valence-electron chi connectivity index (χ2n) is 9.03. The van der Waals surface area contributed by atoms with Crippen molar-refractivity contribution in [3.63, 3.8) is 0 Å². The first-order chi connectivity index (χ1) is 17.4. The maximum Gasteiger partial charge on any atom is 0.258 e. The lowest BCUT2D eigenvalue weighted by molar-refractivity contribution is -0.122. The smallest absolute Gasteiger partial charge is 0.258 e. The van der Waals surface area contributed by atoms with Crippen molar-refractivity contribution in [2.45, 2.75) is 46.2 Å². The molecule has 2 aromatic heterocycles. The zero-order valence-corrected chi connectivity index (χ0v) is 20.9. The maximum atomic E-state index is 12.8. The van der Waals surface area contributed by atoms with Crippen molar-refractivity contribution < 1.29 is 4.79 Å². The number of benzene rings is 2. The average molecular weight is 483 g/mol. The Morgan fingerprint density at radius 3 is 2.11 bits per heavy atom. The van der Waals surface area contributed by atoms with Crippen LogP contribution in [-0.4, -0.2) is 37.7 Å². The molecule has 184 valence electrons. The van der Waals surface area contributed by atoms with Gasteiger partial charge in [0.2, 0.25) is 0 Å². The van der Waals surface area contributed by atoms with Crippen LogP contribution in [0.5, 0.6) is 0 Å². The number of nitrogens with one attached hydrogen (secondary N) is 3. The number of amides is 1. The van der Waals surface area contributed by atoms with Crippen LogP contribution in [0.15, 0.2) is 65.8 Å². The van der Waals surface area contributed by atoms with E-state index in [0.29, 0.717) is 6.42 Å². The number of rotatable bonds is 6. The van der Waals surface area contributed by atoms with E-state index in [1.54, 1.807) is 6.21 Å². The molecule has 2 aromatic carbocycles. The Kier molecular flexibility index (Phi) is 6.49. The van der Waals surface area contributed by atoms with E-state index < -0.39 is 6.04 Å². The zero-order valence-electron chi connectivity index (χ0n) is 20.9. The fourth-order valence-corrected chi connectivity index (χ4v) is 4.80. The molecule has 1 amide bonds. The van der Waals surface area contributed by atoms with Crippen LogP contribution in [0.2, 0.25) is 0 Å². The highest BCUT2D eigenvalue weighted by Gasteiger charge is 2.33. The molecule has 9 heteroatoms. The predicted octanol–water partition coefficient (Wildman–Crippen LogP) is 3.35. The van der Waals surface area contributed by atoms with Crippen molar-refractivity contribution in [1.29, 1.82) is 0 Å². The predicted molar refractivity (Wildman–Crippen MR) is 139 cm³/mol.